The molecule has 1 unspecified atom stereocenters. The Kier molecular flexibility index (Phi) is 4.04. The molecule has 0 radical (unpaired) electrons. The van der Waals surface area contributed by atoms with Crippen LogP contribution in [0.2, 0.25) is 0 Å². The number of rotatable bonds is 0. The third-order valence-electron chi connectivity index (χ3n) is 1.81. The number of hydrogen-bond donors (Lipinski definition) is 2. The number of hydrogen-bond acceptors (Lipinski definition) is 5. The molecule has 1 aliphatic heterocycles. The van der Waals surface area contributed by atoms with Crippen molar-refractivity contribution in [3.05, 3.63) is 12.2 Å². The summed E-state index contributed by atoms with van der Waals surface area (Å²) in [6.45, 7) is 0.964. The minimum Gasteiger partial charge on any atom is -0.316 e. The first-order chi connectivity index (χ1) is 7.61. The predicted octanol–water partition coefficient (Wildman–Crippen LogP) is 0.527. The number of nitrogens with zero attached hydrogens (tertiary/aromatic N) is 3. The molecule has 17 heavy (non-hydrogen) atoms. The Morgan fingerprint density at radius 2 is 2.06 bits per heavy atom. The lowest BCUT2D eigenvalue weighted by Crippen LogP contribution is -2.21. The summed E-state index contributed by atoms with van der Waals surface area (Å²) in [7, 11) is -5.84. The molecule has 1 aliphatic rings. The van der Waals surface area contributed by atoms with Crippen LogP contribution < -0.4 is 0 Å². The maximum absolute atomic E-state index is 10.7. The zero-order valence-electron chi connectivity index (χ0n) is 8.16. The van der Waals surface area contributed by atoms with Crippen LogP contribution in [-0.2, 0) is 23.1 Å². The maximum Gasteiger partial charge on any atom is 0.522 e. The number of alkyl halides is 3. The van der Waals surface area contributed by atoms with Crippen molar-refractivity contribution in [2.75, 3.05) is 0 Å². The first-order valence-electron chi connectivity index (χ1n) is 4.20. The summed E-state index contributed by atoms with van der Waals surface area (Å²) in [6, 6.07) is 0. The minimum atomic E-state index is -5.84. The van der Waals surface area contributed by atoms with Crippen LogP contribution in [-0.4, -0.2) is 38.5 Å². The molecule has 1 aromatic heterocycles. The average molecular weight is 291 g/mol. The summed E-state index contributed by atoms with van der Waals surface area (Å²) < 4.78 is 59.6. The molecule has 1 aromatic rings. The summed E-state index contributed by atoms with van der Waals surface area (Å²) in [6.07, 6.45) is 2.72. The van der Waals surface area contributed by atoms with Gasteiger partial charge in [-0.05, 0) is 0 Å². The SMILES string of the molecule is O=S(=O)(O)C(F)(F)F.SC1Cc2nncn2C1. The summed E-state index contributed by atoms with van der Waals surface area (Å²) in [5.74, 6) is 1.06. The van der Waals surface area contributed by atoms with Crippen molar-refractivity contribution in [3.63, 3.8) is 0 Å². The van der Waals surface area contributed by atoms with Gasteiger partial charge in [-0.1, -0.05) is 0 Å². The van der Waals surface area contributed by atoms with Gasteiger partial charge < -0.3 is 4.57 Å². The highest BCUT2D eigenvalue weighted by Gasteiger charge is 2.44. The van der Waals surface area contributed by atoms with E-state index in [0.717, 1.165) is 18.8 Å². The lowest BCUT2D eigenvalue weighted by molar-refractivity contribution is -0.0510. The van der Waals surface area contributed by atoms with E-state index in [9.17, 15) is 13.2 Å². The van der Waals surface area contributed by atoms with Gasteiger partial charge in [0.25, 0.3) is 0 Å². The largest absolute Gasteiger partial charge is 0.522 e. The van der Waals surface area contributed by atoms with E-state index in [1.54, 1.807) is 6.33 Å². The van der Waals surface area contributed by atoms with E-state index in [4.69, 9.17) is 13.0 Å². The van der Waals surface area contributed by atoms with Gasteiger partial charge in [-0.3, -0.25) is 4.55 Å². The van der Waals surface area contributed by atoms with E-state index in [-0.39, 0.29) is 0 Å². The van der Waals surface area contributed by atoms with Crippen molar-refractivity contribution >= 4 is 22.7 Å². The van der Waals surface area contributed by atoms with E-state index in [2.05, 4.69) is 22.8 Å². The Morgan fingerprint density at radius 3 is 2.47 bits per heavy atom. The Hall–Kier alpha value is -0.810. The Morgan fingerprint density at radius 1 is 1.53 bits per heavy atom. The quantitative estimate of drug-likeness (QED) is 0.414. The Labute approximate surface area is 100.0 Å². The van der Waals surface area contributed by atoms with E-state index >= 15 is 0 Å². The monoisotopic (exact) mass is 291 g/mol. The standard InChI is InChI=1S/C5H7N3S.CHF3O3S/c9-4-1-5-7-6-3-8(5)2-4;2-1(3,4)8(5,6)7/h3-4,9H,1-2H2;(H,5,6,7). The molecule has 0 spiro atoms. The van der Waals surface area contributed by atoms with Crippen molar-refractivity contribution < 1.29 is 26.1 Å². The smallest absolute Gasteiger partial charge is 0.316 e. The number of halogens is 3. The molecular formula is C6H8F3N3O3S2. The normalized spacial score (nSPS) is 19.5. The summed E-state index contributed by atoms with van der Waals surface area (Å²) in [5, 5.41) is 8.12. The van der Waals surface area contributed by atoms with Crippen LogP contribution in [0.15, 0.2) is 6.33 Å². The van der Waals surface area contributed by atoms with Gasteiger partial charge in [-0.25, -0.2) is 0 Å². The van der Waals surface area contributed by atoms with Crippen LogP contribution in [0.3, 0.4) is 0 Å². The van der Waals surface area contributed by atoms with Crippen molar-refractivity contribution in [2.45, 2.75) is 23.7 Å². The number of aromatic nitrogens is 3. The van der Waals surface area contributed by atoms with Gasteiger partial charge in [-0.15, -0.1) is 10.2 Å². The van der Waals surface area contributed by atoms with Gasteiger partial charge in [-0.2, -0.15) is 34.2 Å². The zero-order chi connectivity index (χ0) is 13.3. The van der Waals surface area contributed by atoms with E-state index in [1.165, 1.54) is 0 Å². The van der Waals surface area contributed by atoms with Gasteiger partial charge in [0.2, 0.25) is 0 Å². The van der Waals surface area contributed by atoms with Crippen LogP contribution in [0, 0.1) is 0 Å². The summed E-state index contributed by atoms with van der Waals surface area (Å²) in [4.78, 5) is 0. The molecule has 6 nitrogen and oxygen atoms in total. The van der Waals surface area contributed by atoms with Gasteiger partial charge >= 0.3 is 15.6 Å². The third-order valence-corrected chi connectivity index (χ3v) is 2.74. The van der Waals surface area contributed by atoms with Crippen LogP contribution in [0.5, 0.6) is 0 Å². The highest BCUT2D eigenvalue weighted by molar-refractivity contribution is 7.86. The molecule has 0 fully saturated rings. The first kappa shape index (κ1) is 14.3. The fourth-order valence-corrected chi connectivity index (χ4v) is 1.43. The van der Waals surface area contributed by atoms with Crippen molar-refractivity contribution in [2.24, 2.45) is 0 Å². The molecule has 11 heteroatoms. The van der Waals surface area contributed by atoms with Gasteiger partial charge in [0.15, 0.2) is 0 Å². The van der Waals surface area contributed by atoms with Gasteiger partial charge in [0.05, 0.1) is 0 Å². The average Bonchev–Trinajstić information content (AvgIpc) is 2.60. The fraction of sp³-hybridized carbons (Fsp3) is 0.667. The Bertz CT molecular complexity index is 464. The van der Waals surface area contributed by atoms with Crippen molar-refractivity contribution in [1.29, 1.82) is 0 Å². The number of thiol groups is 1. The van der Waals surface area contributed by atoms with Gasteiger partial charge in [0.1, 0.15) is 12.2 Å². The second-order valence-electron chi connectivity index (χ2n) is 3.18. The van der Waals surface area contributed by atoms with E-state index in [0.29, 0.717) is 5.25 Å². The zero-order valence-corrected chi connectivity index (χ0v) is 9.87. The summed E-state index contributed by atoms with van der Waals surface area (Å²) in [5.41, 5.74) is -5.53. The van der Waals surface area contributed by atoms with Crippen molar-refractivity contribution in [3.8, 4) is 0 Å². The molecule has 0 aliphatic carbocycles. The Balaban J connectivity index is 0.000000172. The maximum atomic E-state index is 10.7. The molecule has 1 N–H and O–H groups in total. The third kappa shape index (κ3) is 3.85. The molecule has 98 valence electrons. The van der Waals surface area contributed by atoms with Crippen LogP contribution >= 0.6 is 12.6 Å². The molecule has 0 saturated carbocycles. The first-order valence-corrected chi connectivity index (χ1v) is 6.15. The topological polar surface area (TPSA) is 85.1 Å². The molecule has 0 bridgehead atoms. The lowest BCUT2D eigenvalue weighted by atomic mass is 10.3. The van der Waals surface area contributed by atoms with Crippen LogP contribution in [0.25, 0.3) is 0 Å². The minimum absolute atomic E-state index is 0.454. The van der Waals surface area contributed by atoms with Gasteiger partial charge in [0, 0.05) is 18.2 Å². The lowest BCUT2D eigenvalue weighted by Gasteiger charge is -1.97. The number of fused-ring (bicyclic) bond motifs is 1. The molecule has 1 atom stereocenters. The highest BCUT2D eigenvalue weighted by Crippen LogP contribution is 2.20. The van der Waals surface area contributed by atoms with Crippen LogP contribution in [0.1, 0.15) is 5.82 Å². The van der Waals surface area contributed by atoms with Crippen molar-refractivity contribution in [1.82, 2.24) is 14.8 Å². The highest BCUT2D eigenvalue weighted by atomic mass is 32.2. The molecule has 2 rings (SSSR count). The predicted molar refractivity (Wildman–Crippen MR) is 54.1 cm³/mol. The van der Waals surface area contributed by atoms with E-state index in [1.807, 2.05) is 4.57 Å². The summed E-state index contributed by atoms with van der Waals surface area (Å²) >= 11 is 4.31. The molecule has 0 saturated heterocycles. The molecular weight excluding hydrogens is 283 g/mol. The second-order valence-corrected chi connectivity index (χ2v) is 5.32. The van der Waals surface area contributed by atoms with Crippen LogP contribution in [0.4, 0.5) is 13.2 Å². The molecule has 0 aromatic carbocycles. The van der Waals surface area contributed by atoms with E-state index < -0.39 is 15.6 Å². The second kappa shape index (κ2) is 4.82. The molecule has 0 amide bonds. The molecule has 2 heterocycles. The fourth-order valence-electron chi connectivity index (χ4n) is 1.09.